The molecule has 0 spiro atoms. The maximum atomic E-state index is 11.8. The molecule has 0 aliphatic carbocycles. The fourth-order valence-electron chi connectivity index (χ4n) is 2.10. The first kappa shape index (κ1) is 19.6. The molecule has 7 heteroatoms. The molecule has 0 saturated carbocycles. The highest BCUT2D eigenvalue weighted by atomic mass is 35.5. The molecule has 0 atom stereocenters. The summed E-state index contributed by atoms with van der Waals surface area (Å²) in [6.45, 7) is 0.278. The van der Waals surface area contributed by atoms with E-state index in [1.807, 2.05) is 36.4 Å². The number of aliphatic carboxylic acids is 1. The molecule has 0 fully saturated rings. The number of rotatable bonds is 8. The summed E-state index contributed by atoms with van der Waals surface area (Å²) in [7, 11) is 0. The molecule has 0 radical (unpaired) electrons. The van der Waals surface area contributed by atoms with Crippen molar-refractivity contribution in [3.05, 3.63) is 58.1 Å². The zero-order chi connectivity index (χ0) is 18.2. The van der Waals surface area contributed by atoms with Crippen molar-refractivity contribution >= 4 is 46.8 Å². The Balaban J connectivity index is 2.01. The molecule has 1 N–H and O–H groups in total. The highest BCUT2D eigenvalue weighted by molar-refractivity contribution is 7.99. The highest BCUT2D eigenvalue weighted by Crippen LogP contribution is 2.34. The van der Waals surface area contributed by atoms with Crippen LogP contribution in [-0.4, -0.2) is 11.9 Å². The molecule has 0 aliphatic heterocycles. The second-order valence-electron chi connectivity index (χ2n) is 5.27. The molecule has 0 aromatic heterocycles. The van der Waals surface area contributed by atoms with Gasteiger partial charge in [0, 0.05) is 44.3 Å². The van der Waals surface area contributed by atoms with Crippen LogP contribution in [0.3, 0.4) is 0 Å². The van der Waals surface area contributed by atoms with Gasteiger partial charge in [-0.1, -0.05) is 41.0 Å². The number of hydrogen-bond donors (Lipinski definition) is 1. The van der Waals surface area contributed by atoms with E-state index in [9.17, 15) is 14.7 Å². The van der Waals surface area contributed by atoms with Gasteiger partial charge in [0.15, 0.2) is 0 Å². The third-order valence-corrected chi connectivity index (χ3v) is 5.08. The van der Waals surface area contributed by atoms with E-state index in [1.54, 1.807) is 6.07 Å². The van der Waals surface area contributed by atoms with Gasteiger partial charge >= 0.3 is 0 Å². The number of halogens is 2. The molecular weight excluding hydrogens is 381 g/mol. The Hall–Kier alpha value is -1.69. The number of carbonyl (C=O) groups is 2. The monoisotopic (exact) mass is 396 g/mol. The second kappa shape index (κ2) is 9.70. The van der Waals surface area contributed by atoms with Gasteiger partial charge in [-0.2, -0.15) is 0 Å². The molecule has 2 rings (SSSR count). The van der Waals surface area contributed by atoms with Crippen molar-refractivity contribution in [1.82, 2.24) is 5.32 Å². The first-order chi connectivity index (χ1) is 12.0. The smallest absolute Gasteiger partial charge is 0.220 e. The molecule has 2 aromatic rings. The number of carbonyl (C=O) groups excluding carboxylic acids is 2. The lowest BCUT2D eigenvalue weighted by molar-refractivity contribution is -0.305. The summed E-state index contributed by atoms with van der Waals surface area (Å²) in [6.07, 6.45) is 0.262. The van der Waals surface area contributed by atoms with E-state index < -0.39 is 5.97 Å². The fourth-order valence-corrected chi connectivity index (χ4v) is 3.51. The lowest BCUT2D eigenvalue weighted by Gasteiger charge is -2.12. The van der Waals surface area contributed by atoms with Gasteiger partial charge in [-0.3, -0.25) is 4.79 Å². The summed E-state index contributed by atoms with van der Waals surface area (Å²) < 4.78 is 0. The van der Waals surface area contributed by atoms with Gasteiger partial charge < -0.3 is 15.2 Å². The summed E-state index contributed by atoms with van der Waals surface area (Å²) in [5, 5.41) is 14.4. The predicted octanol–water partition coefficient (Wildman–Crippen LogP) is 3.68. The van der Waals surface area contributed by atoms with Gasteiger partial charge in [-0.05, 0) is 49.2 Å². The average Bonchev–Trinajstić information content (AvgIpc) is 2.56. The summed E-state index contributed by atoms with van der Waals surface area (Å²) >= 11 is 13.7. The second-order valence-corrected chi connectivity index (χ2v) is 7.23. The number of amides is 1. The van der Waals surface area contributed by atoms with Gasteiger partial charge in [0.25, 0.3) is 0 Å². The molecule has 4 nitrogen and oxygen atoms in total. The number of carboxylic acid groups (broad SMARTS) is 1. The van der Waals surface area contributed by atoms with Crippen molar-refractivity contribution in [2.24, 2.45) is 0 Å². The summed E-state index contributed by atoms with van der Waals surface area (Å²) in [5.41, 5.74) is 0.817. The topological polar surface area (TPSA) is 69.2 Å². The lowest BCUT2D eigenvalue weighted by Crippen LogP contribution is -2.25. The third-order valence-electron chi connectivity index (χ3n) is 3.36. The lowest BCUT2D eigenvalue weighted by atomic mass is 10.2. The maximum absolute atomic E-state index is 11.8. The SMILES string of the molecule is O=C([O-])CCCC(=O)NCc1c(Cl)cccc1Sc1ccc(Cl)cc1. The molecule has 0 aliphatic rings. The molecule has 0 saturated heterocycles. The first-order valence-electron chi connectivity index (χ1n) is 7.63. The number of benzene rings is 2. The third kappa shape index (κ3) is 6.61. The van der Waals surface area contributed by atoms with Crippen molar-refractivity contribution in [3.63, 3.8) is 0 Å². The minimum atomic E-state index is -1.15. The Morgan fingerprint density at radius 1 is 1.04 bits per heavy atom. The molecule has 25 heavy (non-hydrogen) atoms. The normalized spacial score (nSPS) is 10.5. The van der Waals surface area contributed by atoms with Crippen LogP contribution >= 0.6 is 35.0 Å². The largest absolute Gasteiger partial charge is 0.550 e. The molecular formula is C18H16Cl2NO3S-. The minimum absolute atomic E-state index is 0.128. The molecule has 2 aromatic carbocycles. The maximum Gasteiger partial charge on any atom is 0.220 e. The zero-order valence-electron chi connectivity index (χ0n) is 13.3. The van der Waals surface area contributed by atoms with Crippen LogP contribution in [0, 0.1) is 0 Å². The van der Waals surface area contributed by atoms with Crippen LogP contribution in [0.2, 0.25) is 10.0 Å². The summed E-state index contributed by atoms with van der Waals surface area (Å²) in [6, 6.07) is 13.0. The standard InChI is InChI=1S/C18H17Cl2NO3S/c19-12-7-9-13(10-8-12)25-16-4-1-3-15(20)14(16)11-21-17(22)5-2-6-18(23)24/h1,3-4,7-10H,2,5-6,11H2,(H,21,22)(H,23,24)/p-1. The first-order valence-corrected chi connectivity index (χ1v) is 9.20. The Kier molecular flexibility index (Phi) is 7.62. The molecule has 0 unspecified atom stereocenters. The van der Waals surface area contributed by atoms with E-state index in [4.69, 9.17) is 23.2 Å². The van der Waals surface area contributed by atoms with E-state index in [0.717, 1.165) is 15.4 Å². The number of hydrogen-bond acceptors (Lipinski definition) is 4. The van der Waals surface area contributed by atoms with Crippen molar-refractivity contribution in [2.75, 3.05) is 0 Å². The van der Waals surface area contributed by atoms with Crippen LogP contribution < -0.4 is 10.4 Å². The van der Waals surface area contributed by atoms with E-state index in [1.165, 1.54) is 11.8 Å². The molecule has 0 heterocycles. The van der Waals surface area contributed by atoms with Crippen LogP contribution in [0.1, 0.15) is 24.8 Å². The van der Waals surface area contributed by atoms with Crippen molar-refractivity contribution in [3.8, 4) is 0 Å². The van der Waals surface area contributed by atoms with Crippen LogP contribution in [0.25, 0.3) is 0 Å². The van der Waals surface area contributed by atoms with Crippen LogP contribution in [0.5, 0.6) is 0 Å². The van der Waals surface area contributed by atoms with Gasteiger partial charge in [0.05, 0.1) is 0 Å². The highest BCUT2D eigenvalue weighted by Gasteiger charge is 2.10. The summed E-state index contributed by atoms with van der Waals surface area (Å²) in [4.78, 5) is 24.1. The number of carboxylic acids is 1. The van der Waals surface area contributed by atoms with Gasteiger partial charge in [0.2, 0.25) is 5.91 Å². The molecule has 1 amide bonds. The van der Waals surface area contributed by atoms with E-state index in [-0.39, 0.29) is 31.7 Å². The Morgan fingerprint density at radius 3 is 2.44 bits per heavy atom. The quantitative estimate of drug-likeness (QED) is 0.738. The van der Waals surface area contributed by atoms with Crippen LogP contribution in [0.4, 0.5) is 0 Å². The zero-order valence-corrected chi connectivity index (χ0v) is 15.6. The van der Waals surface area contributed by atoms with E-state index >= 15 is 0 Å². The van der Waals surface area contributed by atoms with Crippen molar-refractivity contribution in [1.29, 1.82) is 0 Å². The Bertz CT molecular complexity index is 750. The molecule has 132 valence electrons. The number of nitrogens with one attached hydrogen (secondary N) is 1. The Morgan fingerprint density at radius 2 is 1.76 bits per heavy atom. The predicted molar refractivity (Wildman–Crippen MR) is 97.7 cm³/mol. The fraction of sp³-hybridized carbons (Fsp3) is 0.222. The van der Waals surface area contributed by atoms with Gasteiger partial charge in [-0.25, -0.2) is 0 Å². The summed E-state index contributed by atoms with van der Waals surface area (Å²) in [5.74, 6) is -1.37. The average molecular weight is 397 g/mol. The van der Waals surface area contributed by atoms with Crippen LogP contribution in [0.15, 0.2) is 52.3 Å². The Labute approximate surface area is 160 Å². The van der Waals surface area contributed by atoms with Crippen molar-refractivity contribution in [2.45, 2.75) is 35.6 Å². The van der Waals surface area contributed by atoms with Gasteiger partial charge in [-0.15, -0.1) is 0 Å². The van der Waals surface area contributed by atoms with Crippen LogP contribution in [-0.2, 0) is 16.1 Å². The van der Waals surface area contributed by atoms with E-state index in [0.29, 0.717) is 10.0 Å². The van der Waals surface area contributed by atoms with E-state index in [2.05, 4.69) is 5.32 Å². The van der Waals surface area contributed by atoms with Crippen molar-refractivity contribution < 1.29 is 14.7 Å². The molecule has 0 bridgehead atoms. The minimum Gasteiger partial charge on any atom is -0.550 e. The van der Waals surface area contributed by atoms with Gasteiger partial charge in [0.1, 0.15) is 0 Å².